The summed E-state index contributed by atoms with van der Waals surface area (Å²) in [5.74, 6) is -3.24. The first-order valence-electron chi connectivity index (χ1n) is 5.81. The molecule has 5 nitrogen and oxygen atoms in total. The van der Waals surface area contributed by atoms with Gasteiger partial charge in [0.1, 0.15) is 17.5 Å². The molecule has 1 aromatic heterocycles. The molecule has 102 valence electrons. The van der Waals surface area contributed by atoms with Crippen LogP contribution in [0.3, 0.4) is 0 Å². The highest BCUT2D eigenvalue weighted by Crippen LogP contribution is 2.34. The highest BCUT2D eigenvalue weighted by atomic mass is 19.1. The normalized spacial score (nSPS) is 14.1. The van der Waals surface area contributed by atoms with Crippen molar-refractivity contribution < 1.29 is 18.4 Å². The maximum Gasteiger partial charge on any atom is 0.300 e. The van der Waals surface area contributed by atoms with Gasteiger partial charge in [-0.05, 0) is 12.1 Å². The summed E-state index contributed by atoms with van der Waals surface area (Å²) in [6.07, 6.45) is 3.17. The third-order valence-corrected chi connectivity index (χ3v) is 3.23. The van der Waals surface area contributed by atoms with E-state index in [9.17, 15) is 18.4 Å². The first kappa shape index (κ1) is 12.5. The summed E-state index contributed by atoms with van der Waals surface area (Å²) in [7, 11) is 1.70. The van der Waals surface area contributed by atoms with E-state index in [4.69, 9.17) is 0 Å². The minimum Gasteiger partial charge on any atom is -0.337 e. The van der Waals surface area contributed by atoms with Crippen LogP contribution in [0, 0.1) is 11.6 Å². The Hall–Kier alpha value is -2.57. The maximum atomic E-state index is 13.9. The number of ketones is 1. The molecule has 3 rings (SSSR count). The van der Waals surface area contributed by atoms with E-state index >= 15 is 0 Å². The standard InChI is InChI=1S/C13H9F2N3O2/c1-17-5-4-16-9(17)6-18-11-8(15)3-2-7(14)10(11)12(19)13(18)20/h2-5H,6H2,1H3. The highest BCUT2D eigenvalue weighted by Gasteiger charge is 2.40. The molecular formula is C13H9F2N3O2. The van der Waals surface area contributed by atoms with Crippen molar-refractivity contribution in [1.82, 2.24) is 9.55 Å². The molecule has 0 unspecified atom stereocenters. The smallest absolute Gasteiger partial charge is 0.300 e. The van der Waals surface area contributed by atoms with Crippen LogP contribution in [0.1, 0.15) is 16.2 Å². The van der Waals surface area contributed by atoms with Crippen molar-refractivity contribution >= 4 is 17.4 Å². The second kappa shape index (κ2) is 4.22. The number of aromatic nitrogens is 2. The molecule has 0 radical (unpaired) electrons. The Kier molecular flexibility index (Phi) is 2.63. The lowest BCUT2D eigenvalue weighted by Crippen LogP contribution is -2.30. The summed E-state index contributed by atoms with van der Waals surface area (Å²) in [6.45, 7) is -0.0958. The third kappa shape index (κ3) is 1.63. The molecule has 2 aromatic rings. The van der Waals surface area contributed by atoms with Gasteiger partial charge in [0.05, 0.1) is 17.8 Å². The first-order valence-corrected chi connectivity index (χ1v) is 5.81. The molecule has 0 saturated carbocycles. The summed E-state index contributed by atoms with van der Waals surface area (Å²) in [4.78, 5) is 28.6. The number of anilines is 1. The number of Topliss-reactive ketones (excluding diaryl/α,β-unsaturated/α-hetero) is 1. The van der Waals surface area contributed by atoms with Gasteiger partial charge < -0.3 is 4.57 Å². The number of hydrogen-bond donors (Lipinski definition) is 0. The zero-order valence-electron chi connectivity index (χ0n) is 10.4. The molecule has 2 heterocycles. The monoisotopic (exact) mass is 277 g/mol. The lowest BCUT2D eigenvalue weighted by molar-refractivity contribution is -0.114. The average Bonchev–Trinajstić information content (AvgIpc) is 2.92. The Labute approximate surface area is 112 Å². The summed E-state index contributed by atoms with van der Waals surface area (Å²) in [5, 5.41) is 0. The fraction of sp³-hybridized carbons (Fsp3) is 0.154. The first-order chi connectivity index (χ1) is 9.50. The van der Waals surface area contributed by atoms with Gasteiger partial charge in [0.15, 0.2) is 0 Å². The predicted octanol–water partition coefficient (Wildman–Crippen LogP) is 1.43. The zero-order chi connectivity index (χ0) is 14.4. The van der Waals surface area contributed by atoms with Gasteiger partial charge in [0, 0.05) is 19.4 Å². The SMILES string of the molecule is Cn1ccnc1CN1C(=O)C(=O)c2c(F)ccc(F)c21. The molecule has 1 aliphatic rings. The van der Waals surface area contributed by atoms with Crippen molar-refractivity contribution in [3.05, 3.63) is 47.5 Å². The van der Waals surface area contributed by atoms with Gasteiger partial charge in [-0.1, -0.05) is 0 Å². The predicted molar refractivity (Wildman–Crippen MR) is 65.1 cm³/mol. The molecule has 0 aliphatic carbocycles. The lowest BCUT2D eigenvalue weighted by Gasteiger charge is -2.16. The van der Waals surface area contributed by atoms with Crippen LogP contribution in [0.15, 0.2) is 24.5 Å². The quantitative estimate of drug-likeness (QED) is 0.780. The van der Waals surface area contributed by atoms with Gasteiger partial charge >= 0.3 is 0 Å². The van der Waals surface area contributed by atoms with Crippen LogP contribution >= 0.6 is 0 Å². The van der Waals surface area contributed by atoms with Crippen LogP contribution in [-0.4, -0.2) is 21.2 Å². The fourth-order valence-electron chi connectivity index (χ4n) is 2.19. The average molecular weight is 277 g/mol. The number of hydrogen-bond acceptors (Lipinski definition) is 3. The zero-order valence-corrected chi connectivity index (χ0v) is 10.4. The van der Waals surface area contributed by atoms with Crippen molar-refractivity contribution in [2.45, 2.75) is 6.54 Å². The fourth-order valence-corrected chi connectivity index (χ4v) is 2.19. The topological polar surface area (TPSA) is 55.2 Å². The number of rotatable bonds is 2. The van der Waals surface area contributed by atoms with Gasteiger partial charge in [-0.15, -0.1) is 0 Å². The molecule has 0 spiro atoms. The molecule has 1 amide bonds. The molecule has 1 aliphatic heterocycles. The Morgan fingerprint density at radius 1 is 1.20 bits per heavy atom. The van der Waals surface area contributed by atoms with E-state index in [2.05, 4.69) is 4.98 Å². The summed E-state index contributed by atoms with van der Waals surface area (Å²) in [6, 6.07) is 1.73. The summed E-state index contributed by atoms with van der Waals surface area (Å²) >= 11 is 0. The van der Waals surface area contributed by atoms with Gasteiger partial charge in [-0.2, -0.15) is 0 Å². The van der Waals surface area contributed by atoms with E-state index in [1.165, 1.54) is 6.20 Å². The lowest BCUT2D eigenvalue weighted by atomic mass is 10.1. The number of imidazole rings is 1. The molecule has 0 saturated heterocycles. The number of carbonyl (C=O) groups is 2. The highest BCUT2D eigenvalue weighted by molar-refractivity contribution is 6.52. The second-order valence-electron chi connectivity index (χ2n) is 4.43. The summed E-state index contributed by atoms with van der Waals surface area (Å²) < 4.78 is 29.1. The van der Waals surface area contributed by atoms with Crippen molar-refractivity contribution in [3.63, 3.8) is 0 Å². The number of carbonyl (C=O) groups excluding carboxylic acids is 2. The number of amides is 1. The number of aryl methyl sites for hydroxylation is 1. The van der Waals surface area contributed by atoms with E-state index in [0.717, 1.165) is 17.0 Å². The van der Waals surface area contributed by atoms with E-state index in [-0.39, 0.29) is 12.2 Å². The van der Waals surface area contributed by atoms with Gasteiger partial charge in [-0.3, -0.25) is 14.5 Å². The van der Waals surface area contributed by atoms with E-state index in [1.807, 2.05) is 0 Å². The number of nitrogens with zero attached hydrogens (tertiary/aromatic N) is 3. The molecule has 0 fully saturated rings. The van der Waals surface area contributed by atoms with Crippen molar-refractivity contribution in [2.24, 2.45) is 7.05 Å². The molecule has 0 atom stereocenters. The number of halogens is 2. The minimum absolute atomic E-state index is 0.0958. The van der Waals surface area contributed by atoms with Crippen LogP contribution in [0.2, 0.25) is 0 Å². The Bertz CT molecular complexity index is 739. The summed E-state index contributed by atoms with van der Waals surface area (Å²) in [5.41, 5.74) is -0.827. The van der Waals surface area contributed by atoms with Crippen molar-refractivity contribution in [1.29, 1.82) is 0 Å². The molecule has 20 heavy (non-hydrogen) atoms. The molecule has 0 N–H and O–H groups in total. The number of benzene rings is 1. The Balaban J connectivity index is 2.11. The Morgan fingerprint density at radius 2 is 1.90 bits per heavy atom. The van der Waals surface area contributed by atoms with Crippen molar-refractivity contribution in [2.75, 3.05) is 4.90 Å². The second-order valence-corrected chi connectivity index (χ2v) is 4.43. The molecule has 1 aromatic carbocycles. The maximum absolute atomic E-state index is 13.9. The molecule has 0 bridgehead atoms. The van der Waals surface area contributed by atoms with Crippen molar-refractivity contribution in [3.8, 4) is 0 Å². The van der Waals surface area contributed by atoms with Gasteiger partial charge in [-0.25, -0.2) is 13.8 Å². The Morgan fingerprint density at radius 3 is 2.55 bits per heavy atom. The van der Waals surface area contributed by atoms with Gasteiger partial charge in [0.25, 0.3) is 11.7 Å². The van der Waals surface area contributed by atoms with E-state index in [0.29, 0.717) is 5.82 Å². The molecule has 7 heteroatoms. The largest absolute Gasteiger partial charge is 0.337 e. The van der Waals surface area contributed by atoms with Crippen LogP contribution in [-0.2, 0) is 18.4 Å². The van der Waals surface area contributed by atoms with Crippen LogP contribution in [0.25, 0.3) is 0 Å². The van der Waals surface area contributed by atoms with E-state index in [1.54, 1.807) is 17.8 Å². The minimum atomic E-state index is -1.04. The third-order valence-electron chi connectivity index (χ3n) is 3.23. The van der Waals surface area contributed by atoms with Crippen LogP contribution in [0.5, 0.6) is 0 Å². The van der Waals surface area contributed by atoms with Crippen LogP contribution < -0.4 is 4.90 Å². The van der Waals surface area contributed by atoms with E-state index < -0.39 is 28.9 Å². The van der Waals surface area contributed by atoms with Gasteiger partial charge in [0.2, 0.25) is 0 Å². The molecular weight excluding hydrogens is 268 g/mol. The van der Waals surface area contributed by atoms with Crippen LogP contribution in [0.4, 0.5) is 14.5 Å². The number of fused-ring (bicyclic) bond motifs is 1.